The van der Waals surface area contributed by atoms with Gasteiger partial charge in [-0.2, -0.15) is 9.28 Å². The van der Waals surface area contributed by atoms with Crippen molar-refractivity contribution < 1.29 is 38.2 Å². The molecule has 0 bridgehead atoms. The van der Waals surface area contributed by atoms with Crippen LogP contribution in [0.3, 0.4) is 0 Å². The zero-order valence-electron chi connectivity index (χ0n) is 24.6. The Hall–Kier alpha value is -2.34. The standard InChI is InChI=1S/C30H46BrN3O7/c1-30(2,3)41-26(35)21-23-13-9-19-34(23,29(38)39)27(36)24(14-7-8-18-32)33-25(28(37)40-20-10-17-31)16-15-22-11-5-4-6-12-22/h4-6,11-12,23-25,33H,7-10,13-21,32H2,1-3H3/p+1/t23-,24-,25-,34?/m0/s1. The number of alkyl halides is 1. The fourth-order valence-electron chi connectivity index (χ4n) is 5.29. The molecule has 1 unspecified atom stereocenters. The molecule has 41 heavy (non-hydrogen) atoms. The van der Waals surface area contributed by atoms with Crippen molar-refractivity contribution in [2.24, 2.45) is 5.73 Å². The number of aryl methyl sites for hydroxylation is 1. The Kier molecular flexibility index (Phi) is 14.4. The minimum Gasteiger partial charge on any atom is -0.464 e. The number of carbonyl (C=O) groups excluding carboxylic acids is 3. The second-order valence-electron chi connectivity index (χ2n) is 11.6. The number of amides is 2. The van der Waals surface area contributed by atoms with Gasteiger partial charge in [-0.1, -0.05) is 46.3 Å². The van der Waals surface area contributed by atoms with Crippen molar-refractivity contribution in [2.45, 2.75) is 102 Å². The second kappa shape index (κ2) is 16.9. The summed E-state index contributed by atoms with van der Waals surface area (Å²) >= 11 is 3.34. The molecule has 4 atom stereocenters. The molecule has 1 aliphatic heterocycles. The molecule has 0 aromatic heterocycles. The van der Waals surface area contributed by atoms with Crippen molar-refractivity contribution in [2.75, 3.05) is 25.0 Å². The van der Waals surface area contributed by atoms with Gasteiger partial charge in [-0.25, -0.2) is 4.79 Å². The lowest BCUT2D eigenvalue weighted by atomic mass is 10.0. The van der Waals surface area contributed by atoms with E-state index in [1.54, 1.807) is 20.8 Å². The average Bonchev–Trinajstić information content (AvgIpc) is 3.33. The highest BCUT2D eigenvalue weighted by molar-refractivity contribution is 9.09. The van der Waals surface area contributed by atoms with E-state index in [1.165, 1.54) is 0 Å². The number of ether oxygens (including phenoxy) is 2. The van der Waals surface area contributed by atoms with Gasteiger partial charge in [-0.05, 0) is 71.4 Å². The Labute approximate surface area is 252 Å². The lowest BCUT2D eigenvalue weighted by molar-refractivity contribution is -0.794. The number of carboxylic acid groups (broad SMARTS) is 1. The number of unbranched alkanes of at least 4 members (excludes halogenated alkanes) is 1. The van der Waals surface area contributed by atoms with Crippen LogP contribution in [0.15, 0.2) is 30.3 Å². The highest BCUT2D eigenvalue weighted by atomic mass is 79.9. The highest BCUT2D eigenvalue weighted by Gasteiger charge is 2.57. The summed E-state index contributed by atoms with van der Waals surface area (Å²) in [7, 11) is 0. The molecule has 1 aromatic rings. The van der Waals surface area contributed by atoms with Crippen molar-refractivity contribution in [1.29, 1.82) is 0 Å². The maximum absolute atomic E-state index is 14.3. The van der Waals surface area contributed by atoms with Crippen LogP contribution in [0.2, 0.25) is 0 Å². The summed E-state index contributed by atoms with van der Waals surface area (Å²) in [6.07, 6.45) is 2.49. The number of halogens is 1. The normalized spacial score (nSPS) is 20.3. The molecule has 0 saturated carbocycles. The van der Waals surface area contributed by atoms with E-state index in [9.17, 15) is 24.3 Å². The Morgan fingerprint density at radius 1 is 1.10 bits per heavy atom. The molecule has 0 aliphatic carbocycles. The van der Waals surface area contributed by atoms with Gasteiger partial charge < -0.3 is 20.3 Å². The first-order valence-electron chi connectivity index (χ1n) is 14.5. The number of hydrogen-bond donors (Lipinski definition) is 3. The van der Waals surface area contributed by atoms with Crippen LogP contribution in [0.1, 0.15) is 77.7 Å². The van der Waals surface area contributed by atoms with Crippen LogP contribution in [0.5, 0.6) is 0 Å². The van der Waals surface area contributed by atoms with Gasteiger partial charge in [0.05, 0.1) is 19.6 Å². The van der Waals surface area contributed by atoms with Gasteiger partial charge in [0.1, 0.15) is 23.7 Å². The van der Waals surface area contributed by atoms with Crippen LogP contribution in [0.4, 0.5) is 4.79 Å². The van der Waals surface area contributed by atoms with E-state index >= 15 is 0 Å². The molecule has 1 fully saturated rings. The van der Waals surface area contributed by atoms with Gasteiger partial charge in [0.25, 0.3) is 0 Å². The van der Waals surface area contributed by atoms with E-state index in [0.29, 0.717) is 63.2 Å². The number of nitrogens with one attached hydrogen (secondary N) is 1. The summed E-state index contributed by atoms with van der Waals surface area (Å²) < 4.78 is 10.1. The van der Waals surface area contributed by atoms with Gasteiger partial charge >= 0.3 is 23.9 Å². The summed E-state index contributed by atoms with van der Waals surface area (Å²) in [5, 5.41) is 14.4. The van der Waals surface area contributed by atoms with Crippen LogP contribution < -0.4 is 11.1 Å². The fraction of sp³-hybridized carbons (Fsp3) is 0.667. The summed E-state index contributed by atoms with van der Waals surface area (Å²) in [5.74, 6) is -1.57. The van der Waals surface area contributed by atoms with E-state index in [2.05, 4.69) is 21.2 Å². The number of hydrogen-bond acceptors (Lipinski definition) is 8. The minimum absolute atomic E-state index is 0.0705. The Morgan fingerprint density at radius 3 is 2.41 bits per heavy atom. The smallest absolute Gasteiger partial charge is 0.464 e. The molecule has 0 radical (unpaired) electrons. The number of nitrogens with two attached hydrogens (primary N) is 1. The van der Waals surface area contributed by atoms with Crippen molar-refractivity contribution in [3.8, 4) is 0 Å². The number of rotatable bonds is 16. The molecule has 1 saturated heterocycles. The van der Waals surface area contributed by atoms with Gasteiger partial charge in [0.15, 0.2) is 0 Å². The van der Waals surface area contributed by atoms with Crippen molar-refractivity contribution in [1.82, 2.24) is 5.32 Å². The molecule has 2 amide bonds. The first-order valence-corrected chi connectivity index (χ1v) is 15.7. The maximum atomic E-state index is 14.3. The minimum atomic E-state index is -1.30. The number of imide groups is 1. The topological polar surface area (TPSA) is 145 Å². The molecule has 230 valence electrons. The fourth-order valence-corrected chi connectivity index (χ4v) is 5.52. The second-order valence-corrected chi connectivity index (χ2v) is 12.4. The van der Waals surface area contributed by atoms with E-state index in [1.807, 2.05) is 30.3 Å². The Balaban J connectivity index is 2.35. The number of esters is 2. The lowest BCUT2D eigenvalue weighted by Gasteiger charge is -2.35. The third kappa shape index (κ3) is 10.8. The monoisotopic (exact) mass is 640 g/mol. The molecule has 11 heteroatoms. The SMILES string of the molecule is CC(C)(C)OC(=O)C[C@@H]1CCC[N+]1(C(=O)O)C(=O)[C@H](CCCCN)N[C@@H](CCc1ccccc1)C(=O)OCCCBr. The first-order chi connectivity index (χ1) is 19.4. The van der Waals surface area contributed by atoms with Crippen molar-refractivity contribution in [3.63, 3.8) is 0 Å². The quantitative estimate of drug-likeness (QED) is 0.104. The number of quaternary nitrogens is 1. The average molecular weight is 642 g/mol. The molecule has 1 heterocycles. The molecule has 0 spiro atoms. The Morgan fingerprint density at radius 2 is 1.80 bits per heavy atom. The van der Waals surface area contributed by atoms with Crippen LogP contribution in [0, 0.1) is 0 Å². The molecule has 1 aliphatic rings. The molecule has 10 nitrogen and oxygen atoms in total. The number of carbonyl (C=O) groups is 4. The van der Waals surface area contributed by atoms with E-state index in [4.69, 9.17) is 15.2 Å². The summed E-state index contributed by atoms with van der Waals surface area (Å²) in [5.41, 5.74) is 6.01. The first kappa shape index (κ1) is 34.9. The molecular weight excluding hydrogens is 594 g/mol. The van der Waals surface area contributed by atoms with Crippen LogP contribution in [-0.2, 0) is 30.3 Å². The highest BCUT2D eigenvalue weighted by Crippen LogP contribution is 2.33. The van der Waals surface area contributed by atoms with E-state index in [-0.39, 0.29) is 19.6 Å². The zero-order chi connectivity index (χ0) is 30.5. The number of likely N-dealkylation sites (tertiary alicyclic amines) is 1. The van der Waals surface area contributed by atoms with E-state index in [0.717, 1.165) is 5.56 Å². The molecule has 1 aromatic carbocycles. The predicted octanol–water partition coefficient (Wildman–Crippen LogP) is 4.32. The third-order valence-corrected chi connectivity index (χ3v) is 7.81. The third-order valence-electron chi connectivity index (χ3n) is 7.25. The maximum Gasteiger partial charge on any atom is 0.521 e. The largest absolute Gasteiger partial charge is 0.521 e. The summed E-state index contributed by atoms with van der Waals surface area (Å²) in [4.78, 5) is 53.0. The zero-order valence-corrected chi connectivity index (χ0v) is 26.2. The summed E-state index contributed by atoms with van der Waals surface area (Å²) in [6, 6.07) is 7.16. The van der Waals surface area contributed by atoms with Gasteiger partial charge in [0, 0.05) is 18.2 Å². The summed E-state index contributed by atoms with van der Waals surface area (Å²) in [6.45, 7) is 5.95. The molecule has 2 rings (SSSR count). The predicted molar refractivity (Wildman–Crippen MR) is 159 cm³/mol. The van der Waals surface area contributed by atoms with Gasteiger partial charge in [0.2, 0.25) is 0 Å². The van der Waals surface area contributed by atoms with Gasteiger partial charge in [-0.15, -0.1) is 0 Å². The van der Waals surface area contributed by atoms with Crippen LogP contribution in [-0.4, -0.2) is 82.3 Å². The molecule has 4 N–H and O–H groups in total. The van der Waals surface area contributed by atoms with Crippen LogP contribution >= 0.6 is 15.9 Å². The molecular formula is C30H47BrN3O7+. The van der Waals surface area contributed by atoms with Crippen molar-refractivity contribution >= 4 is 39.9 Å². The van der Waals surface area contributed by atoms with Crippen molar-refractivity contribution in [3.05, 3.63) is 35.9 Å². The number of benzene rings is 1. The lowest BCUT2D eigenvalue weighted by Crippen LogP contribution is -2.66. The van der Waals surface area contributed by atoms with Crippen LogP contribution in [0.25, 0.3) is 0 Å². The Bertz CT molecular complexity index is 1000. The number of nitrogens with zero attached hydrogens (tertiary/aromatic N) is 1. The van der Waals surface area contributed by atoms with E-state index < -0.39 is 52.1 Å². The van der Waals surface area contributed by atoms with Gasteiger partial charge in [-0.3, -0.25) is 14.9 Å².